The van der Waals surface area contributed by atoms with E-state index in [2.05, 4.69) is 43.0 Å². The predicted molar refractivity (Wildman–Crippen MR) is 72.6 cm³/mol. The summed E-state index contributed by atoms with van der Waals surface area (Å²) in [5.41, 5.74) is 2.68. The lowest BCUT2D eigenvalue weighted by atomic mass is 10.0. The average Bonchev–Trinajstić information content (AvgIpc) is 2.40. The van der Waals surface area contributed by atoms with Crippen molar-refractivity contribution in [2.75, 3.05) is 26.4 Å². The average molecular weight is 249 g/mol. The molecule has 0 aliphatic carbocycles. The highest BCUT2D eigenvalue weighted by Gasteiger charge is 2.21. The van der Waals surface area contributed by atoms with Crippen LogP contribution in [0.15, 0.2) is 24.3 Å². The highest BCUT2D eigenvalue weighted by molar-refractivity contribution is 5.24. The smallest absolute Gasteiger partial charge is 0.0644 e. The monoisotopic (exact) mass is 249 g/mol. The van der Waals surface area contributed by atoms with Crippen molar-refractivity contribution < 1.29 is 9.84 Å². The first kappa shape index (κ1) is 13.5. The van der Waals surface area contributed by atoms with Gasteiger partial charge in [-0.3, -0.25) is 4.90 Å². The predicted octanol–water partition coefficient (Wildman–Crippen LogP) is 2.00. The van der Waals surface area contributed by atoms with Crippen molar-refractivity contribution in [3.8, 4) is 0 Å². The van der Waals surface area contributed by atoms with Gasteiger partial charge >= 0.3 is 0 Å². The van der Waals surface area contributed by atoms with Crippen molar-refractivity contribution in [2.24, 2.45) is 0 Å². The number of hydrogen-bond donors (Lipinski definition) is 1. The molecule has 100 valence electrons. The van der Waals surface area contributed by atoms with Gasteiger partial charge in [0, 0.05) is 13.1 Å². The largest absolute Gasteiger partial charge is 0.395 e. The van der Waals surface area contributed by atoms with Gasteiger partial charge in [-0.05, 0) is 17.0 Å². The second kappa shape index (κ2) is 6.32. The molecule has 1 aromatic rings. The molecule has 0 spiro atoms. The van der Waals surface area contributed by atoms with Crippen LogP contribution >= 0.6 is 0 Å². The molecule has 0 saturated carbocycles. The SMILES string of the molecule is CC(C)c1ccc(CN2CCOCC2CO)cc1. The lowest BCUT2D eigenvalue weighted by molar-refractivity contribution is -0.0312. The van der Waals surface area contributed by atoms with Crippen LogP contribution < -0.4 is 0 Å². The second-order valence-corrected chi connectivity index (χ2v) is 5.28. The van der Waals surface area contributed by atoms with Crippen LogP contribution in [0.25, 0.3) is 0 Å². The molecule has 2 rings (SSSR count). The zero-order valence-corrected chi connectivity index (χ0v) is 11.3. The standard InChI is InChI=1S/C15H23NO2/c1-12(2)14-5-3-13(4-6-14)9-16-7-8-18-11-15(16)10-17/h3-6,12,15,17H,7-11H2,1-2H3. The van der Waals surface area contributed by atoms with Crippen molar-refractivity contribution in [3.63, 3.8) is 0 Å². The maximum atomic E-state index is 9.33. The first-order valence-corrected chi connectivity index (χ1v) is 6.72. The molecule has 1 fully saturated rings. The molecule has 1 atom stereocenters. The number of benzene rings is 1. The Morgan fingerprint density at radius 1 is 1.33 bits per heavy atom. The Labute approximate surface area is 109 Å². The minimum Gasteiger partial charge on any atom is -0.395 e. The number of aliphatic hydroxyl groups is 1. The van der Waals surface area contributed by atoms with Crippen LogP contribution in [0, 0.1) is 0 Å². The Morgan fingerprint density at radius 2 is 2.06 bits per heavy atom. The molecule has 0 amide bonds. The fourth-order valence-corrected chi connectivity index (χ4v) is 2.31. The highest BCUT2D eigenvalue weighted by Crippen LogP contribution is 2.17. The van der Waals surface area contributed by atoms with Crippen molar-refractivity contribution >= 4 is 0 Å². The van der Waals surface area contributed by atoms with Crippen LogP contribution in [-0.2, 0) is 11.3 Å². The van der Waals surface area contributed by atoms with Crippen LogP contribution in [0.3, 0.4) is 0 Å². The molecular formula is C15H23NO2. The zero-order chi connectivity index (χ0) is 13.0. The van der Waals surface area contributed by atoms with E-state index >= 15 is 0 Å². The summed E-state index contributed by atoms with van der Waals surface area (Å²) < 4.78 is 5.39. The topological polar surface area (TPSA) is 32.7 Å². The van der Waals surface area contributed by atoms with Gasteiger partial charge in [-0.2, -0.15) is 0 Å². The van der Waals surface area contributed by atoms with Crippen LogP contribution in [0.2, 0.25) is 0 Å². The minimum absolute atomic E-state index is 0.142. The van der Waals surface area contributed by atoms with Gasteiger partial charge in [-0.15, -0.1) is 0 Å². The quantitative estimate of drug-likeness (QED) is 0.886. The number of aliphatic hydroxyl groups excluding tert-OH is 1. The van der Waals surface area contributed by atoms with Gasteiger partial charge in [-0.1, -0.05) is 38.1 Å². The van der Waals surface area contributed by atoms with Gasteiger partial charge in [0.2, 0.25) is 0 Å². The van der Waals surface area contributed by atoms with Gasteiger partial charge in [-0.25, -0.2) is 0 Å². The van der Waals surface area contributed by atoms with Crippen LogP contribution in [0.1, 0.15) is 30.9 Å². The first-order chi connectivity index (χ1) is 8.70. The van der Waals surface area contributed by atoms with Crippen LogP contribution in [0.5, 0.6) is 0 Å². The summed E-state index contributed by atoms with van der Waals surface area (Å²) in [4.78, 5) is 2.30. The van der Waals surface area contributed by atoms with E-state index in [1.54, 1.807) is 0 Å². The first-order valence-electron chi connectivity index (χ1n) is 6.72. The molecule has 1 aliphatic heterocycles. The van der Waals surface area contributed by atoms with Crippen LogP contribution in [0.4, 0.5) is 0 Å². The van der Waals surface area contributed by atoms with Gasteiger partial charge in [0.25, 0.3) is 0 Å². The maximum absolute atomic E-state index is 9.33. The normalized spacial score (nSPS) is 21.4. The molecule has 1 aliphatic rings. The Bertz CT molecular complexity index is 361. The molecule has 1 aromatic carbocycles. The van der Waals surface area contributed by atoms with E-state index in [9.17, 15) is 5.11 Å². The van der Waals surface area contributed by atoms with Gasteiger partial charge in [0.05, 0.1) is 25.9 Å². The summed E-state index contributed by atoms with van der Waals surface area (Å²) in [7, 11) is 0. The summed E-state index contributed by atoms with van der Waals surface area (Å²) in [5, 5.41) is 9.33. The number of nitrogens with zero attached hydrogens (tertiary/aromatic N) is 1. The van der Waals surface area contributed by atoms with Crippen molar-refractivity contribution in [1.82, 2.24) is 4.90 Å². The molecule has 1 saturated heterocycles. The van der Waals surface area contributed by atoms with E-state index < -0.39 is 0 Å². The summed E-state index contributed by atoms with van der Waals surface area (Å²) in [6.45, 7) is 7.78. The molecular weight excluding hydrogens is 226 g/mol. The Morgan fingerprint density at radius 3 is 2.67 bits per heavy atom. The van der Waals surface area contributed by atoms with E-state index in [0.29, 0.717) is 12.5 Å². The molecule has 1 unspecified atom stereocenters. The Hall–Kier alpha value is -0.900. The van der Waals surface area contributed by atoms with E-state index in [1.807, 2.05) is 0 Å². The second-order valence-electron chi connectivity index (χ2n) is 5.28. The van der Waals surface area contributed by atoms with Gasteiger partial charge < -0.3 is 9.84 Å². The van der Waals surface area contributed by atoms with E-state index in [0.717, 1.165) is 19.7 Å². The summed E-state index contributed by atoms with van der Waals surface area (Å²) in [6.07, 6.45) is 0. The molecule has 3 nitrogen and oxygen atoms in total. The Balaban J connectivity index is 1.99. The molecule has 18 heavy (non-hydrogen) atoms. The fourth-order valence-electron chi connectivity index (χ4n) is 2.31. The summed E-state index contributed by atoms with van der Waals surface area (Å²) >= 11 is 0. The van der Waals surface area contributed by atoms with Crippen molar-refractivity contribution in [1.29, 1.82) is 0 Å². The third-order valence-electron chi connectivity index (χ3n) is 3.59. The zero-order valence-electron chi connectivity index (χ0n) is 11.3. The number of rotatable bonds is 4. The highest BCUT2D eigenvalue weighted by atomic mass is 16.5. The van der Waals surface area contributed by atoms with E-state index in [1.165, 1.54) is 11.1 Å². The molecule has 0 bridgehead atoms. The number of ether oxygens (including phenoxy) is 1. The van der Waals surface area contributed by atoms with Crippen molar-refractivity contribution in [3.05, 3.63) is 35.4 Å². The van der Waals surface area contributed by atoms with Gasteiger partial charge in [0.1, 0.15) is 0 Å². The minimum atomic E-state index is 0.142. The van der Waals surface area contributed by atoms with Gasteiger partial charge in [0.15, 0.2) is 0 Å². The molecule has 0 radical (unpaired) electrons. The van der Waals surface area contributed by atoms with Crippen molar-refractivity contribution in [2.45, 2.75) is 32.4 Å². The van der Waals surface area contributed by atoms with Crippen LogP contribution in [-0.4, -0.2) is 42.4 Å². The summed E-state index contributed by atoms with van der Waals surface area (Å²) in [5.74, 6) is 0.577. The molecule has 1 heterocycles. The summed E-state index contributed by atoms with van der Waals surface area (Å²) in [6, 6.07) is 8.94. The molecule has 0 aromatic heterocycles. The number of hydrogen-bond acceptors (Lipinski definition) is 3. The molecule has 3 heteroatoms. The lowest BCUT2D eigenvalue weighted by Gasteiger charge is -2.34. The van der Waals surface area contributed by atoms with E-state index in [-0.39, 0.29) is 12.6 Å². The third kappa shape index (κ3) is 3.31. The number of morpholine rings is 1. The third-order valence-corrected chi connectivity index (χ3v) is 3.59. The fraction of sp³-hybridized carbons (Fsp3) is 0.600. The Kier molecular flexibility index (Phi) is 4.75. The van der Waals surface area contributed by atoms with E-state index in [4.69, 9.17) is 4.74 Å². The molecule has 1 N–H and O–H groups in total. The maximum Gasteiger partial charge on any atom is 0.0644 e. The lowest BCUT2D eigenvalue weighted by Crippen LogP contribution is -2.46.